The van der Waals surface area contributed by atoms with Crippen LogP contribution < -0.4 is 0 Å². The van der Waals surface area contributed by atoms with Crippen LogP contribution in [0.4, 0.5) is 0 Å². The molecule has 0 aromatic rings. The van der Waals surface area contributed by atoms with E-state index in [1.807, 2.05) is 6.92 Å². The molecule has 1 fully saturated rings. The van der Waals surface area contributed by atoms with Gasteiger partial charge in [-0.25, -0.2) is 0 Å². The van der Waals surface area contributed by atoms with E-state index in [1.54, 1.807) is 0 Å². The van der Waals surface area contributed by atoms with Gasteiger partial charge in [0.05, 0.1) is 6.10 Å². The van der Waals surface area contributed by atoms with Gasteiger partial charge in [0.2, 0.25) is 12.2 Å². The van der Waals surface area contributed by atoms with E-state index in [2.05, 4.69) is 20.8 Å². The molecule has 0 saturated carbocycles. The Kier molecular flexibility index (Phi) is 14.2. The molecule has 0 aliphatic carbocycles. The van der Waals surface area contributed by atoms with Crippen molar-refractivity contribution in [3.63, 3.8) is 0 Å². The van der Waals surface area contributed by atoms with Gasteiger partial charge in [-0.05, 0) is 25.7 Å². The van der Waals surface area contributed by atoms with E-state index in [0.717, 1.165) is 38.5 Å². The van der Waals surface area contributed by atoms with Gasteiger partial charge in [0.1, 0.15) is 18.3 Å². The standard InChI is InChI=1S/C21H38Cl3NO5/c1-5-9-12-26-16-15(8-4)29-19(30-20(25)21(22,23)24)18(28-14-11-7-3)17(16)27-13-10-6-2/h15-19,25H,5-14H2,1-4H3. The summed E-state index contributed by atoms with van der Waals surface area (Å²) < 4.78 is 28.4. The van der Waals surface area contributed by atoms with Crippen molar-refractivity contribution >= 4 is 40.7 Å². The fourth-order valence-corrected chi connectivity index (χ4v) is 3.28. The summed E-state index contributed by atoms with van der Waals surface area (Å²) in [5, 5.41) is 8.00. The molecule has 1 rings (SSSR count). The van der Waals surface area contributed by atoms with Crippen molar-refractivity contribution in [2.45, 2.75) is 107 Å². The highest BCUT2D eigenvalue weighted by molar-refractivity contribution is 6.76. The SMILES string of the molecule is CCCCOC1C(CC)OC(OC(=N)C(Cl)(Cl)Cl)C(OCCCC)C1OCCCC. The van der Waals surface area contributed by atoms with Crippen molar-refractivity contribution in [2.75, 3.05) is 19.8 Å². The van der Waals surface area contributed by atoms with Crippen molar-refractivity contribution in [1.29, 1.82) is 5.41 Å². The molecule has 0 spiro atoms. The van der Waals surface area contributed by atoms with E-state index in [9.17, 15) is 0 Å². The third-order valence-corrected chi connectivity index (χ3v) is 5.42. The number of unbranched alkanes of at least 4 members (excludes halogenated alkanes) is 3. The van der Waals surface area contributed by atoms with Crippen LogP contribution in [0.25, 0.3) is 0 Å². The van der Waals surface area contributed by atoms with E-state index in [1.165, 1.54) is 0 Å². The third-order valence-electron chi connectivity index (χ3n) is 4.91. The van der Waals surface area contributed by atoms with Crippen LogP contribution in [0.15, 0.2) is 0 Å². The molecule has 178 valence electrons. The minimum Gasteiger partial charge on any atom is -0.445 e. The van der Waals surface area contributed by atoms with E-state index in [0.29, 0.717) is 26.2 Å². The van der Waals surface area contributed by atoms with Crippen LogP contribution in [0, 0.1) is 5.41 Å². The van der Waals surface area contributed by atoms with Gasteiger partial charge in [-0.15, -0.1) is 0 Å². The van der Waals surface area contributed by atoms with Crippen molar-refractivity contribution in [1.82, 2.24) is 0 Å². The quantitative estimate of drug-likeness (QED) is 0.139. The first-order valence-electron chi connectivity index (χ1n) is 11.1. The molecule has 1 aliphatic rings. The predicted octanol–water partition coefficient (Wildman–Crippen LogP) is 6.04. The number of halogens is 3. The molecule has 0 bridgehead atoms. The van der Waals surface area contributed by atoms with Crippen molar-refractivity contribution in [3.05, 3.63) is 0 Å². The molecule has 0 aromatic carbocycles. The maximum Gasteiger partial charge on any atom is 0.265 e. The molecular formula is C21H38Cl3NO5. The monoisotopic (exact) mass is 489 g/mol. The van der Waals surface area contributed by atoms with E-state index in [-0.39, 0.29) is 12.2 Å². The normalized spacial score (nSPS) is 27.2. The summed E-state index contributed by atoms with van der Waals surface area (Å²) in [6, 6.07) is 0. The summed E-state index contributed by atoms with van der Waals surface area (Å²) in [5.41, 5.74) is 0. The molecule has 1 saturated heterocycles. The second kappa shape index (κ2) is 15.1. The smallest absolute Gasteiger partial charge is 0.265 e. The van der Waals surface area contributed by atoms with Crippen molar-refractivity contribution < 1.29 is 23.7 Å². The minimum atomic E-state index is -1.98. The van der Waals surface area contributed by atoms with Crippen LogP contribution in [0.3, 0.4) is 0 Å². The number of ether oxygens (including phenoxy) is 5. The van der Waals surface area contributed by atoms with Crippen molar-refractivity contribution in [3.8, 4) is 0 Å². The van der Waals surface area contributed by atoms with Gasteiger partial charge in [-0.3, -0.25) is 5.41 Å². The highest BCUT2D eigenvalue weighted by Gasteiger charge is 2.50. The lowest BCUT2D eigenvalue weighted by atomic mass is 9.96. The third kappa shape index (κ3) is 9.35. The number of hydrogen-bond acceptors (Lipinski definition) is 6. The Labute approximate surface area is 196 Å². The fraction of sp³-hybridized carbons (Fsp3) is 0.952. The first kappa shape index (κ1) is 28.2. The first-order chi connectivity index (χ1) is 14.3. The predicted molar refractivity (Wildman–Crippen MR) is 122 cm³/mol. The average Bonchev–Trinajstić information content (AvgIpc) is 2.70. The summed E-state index contributed by atoms with van der Waals surface area (Å²) in [6.45, 7) is 10.0. The molecule has 0 radical (unpaired) electrons. The molecule has 6 nitrogen and oxygen atoms in total. The van der Waals surface area contributed by atoms with Crippen LogP contribution in [0.1, 0.15) is 72.6 Å². The molecule has 1 N–H and O–H groups in total. The van der Waals surface area contributed by atoms with Gasteiger partial charge in [-0.1, -0.05) is 81.8 Å². The molecule has 0 amide bonds. The van der Waals surface area contributed by atoms with E-state index in [4.69, 9.17) is 63.9 Å². The Hall–Kier alpha value is 0.180. The first-order valence-corrected chi connectivity index (χ1v) is 12.3. The Morgan fingerprint density at radius 3 is 1.70 bits per heavy atom. The maximum absolute atomic E-state index is 8.00. The van der Waals surface area contributed by atoms with Crippen LogP contribution in [-0.4, -0.2) is 60.2 Å². The maximum atomic E-state index is 8.00. The number of nitrogens with one attached hydrogen (secondary N) is 1. The molecule has 0 aromatic heterocycles. The van der Waals surface area contributed by atoms with Crippen LogP contribution >= 0.6 is 34.8 Å². The zero-order chi connectivity index (χ0) is 22.6. The average molecular weight is 491 g/mol. The Balaban J connectivity index is 3.11. The van der Waals surface area contributed by atoms with Crippen LogP contribution in [0.2, 0.25) is 0 Å². The number of alkyl halides is 3. The molecule has 1 aliphatic heterocycles. The Morgan fingerprint density at radius 1 is 0.800 bits per heavy atom. The summed E-state index contributed by atoms with van der Waals surface area (Å²) >= 11 is 17.5. The largest absolute Gasteiger partial charge is 0.445 e. The molecule has 5 atom stereocenters. The van der Waals surface area contributed by atoms with Gasteiger partial charge < -0.3 is 23.7 Å². The second-order valence-corrected chi connectivity index (χ2v) is 9.74. The van der Waals surface area contributed by atoms with E-state index >= 15 is 0 Å². The van der Waals surface area contributed by atoms with Gasteiger partial charge >= 0.3 is 0 Å². The highest BCUT2D eigenvalue weighted by atomic mass is 35.6. The Bertz CT molecular complexity index is 478. The van der Waals surface area contributed by atoms with Gasteiger partial charge in [0.25, 0.3) is 3.79 Å². The fourth-order valence-electron chi connectivity index (χ4n) is 3.14. The highest BCUT2D eigenvalue weighted by Crippen LogP contribution is 2.34. The molecular weight excluding hydrogens is 453 g/mol. The second-order valence-electron chi connectivity index (χ2n) is 7.46. The van der Waals surface area contributed by atoms with Crippen LogP contribution in [0.5, 0.6) is 0 Å². The molecule has 1 heterocycles. The number of rotatable bonds is 14. The summed E-state index contributed by atoms with van der Waals surface area (Å²) in [5.74, 6) is -0.505. The lowest BCUT2D eigenvalue weighted by molar-refractivity contribution is -0.302. The lowest BCUT2D eigenvalue weighted by Crippen LogP contribution is -2.61. The molecule has 5 unspecified atom stereocenters. The van der Waals surface area contributed by atoms with Crippen LogP contribution in [-0.2, 0) is 23.7 Å². The molecule has 30 heavy (non-hydrogen) atoms. The number of hydrogen-bond donors (Lipinski definition) is 1. The summed E-state index contributed by atoms with van der Waals surface area (Å²) in [4.78, 5) is 0. The minimum absolute atomic E-state index is 0.285. The van der Waals surface area contributed by atoms with Gasteiger partial charge in [-0.2, -0.15) is 0 Å². The summed E-state index contributed by atoms with van der Waals surface area (Å²) in [7, 11) is 0. The van der Waals surface area contributed by atoms with E-state index < -0.39 is 28.2 Å². The van der Waals surface area contributed by atoms with Gasteiger partial charge in [0.15, 0.2) is 0 Å². The topological polar surface area (TPSA) is 70.0 Å². The van der Waals surface area contributed by atoms with Crippen molar-refractivity contribution in [2.24, 2.45) is 0 Å². The molecule has 9 heteroatoms. The summed E-state index contributed by atoms with van der Waals surface area (Å²) in [6.07, 6.45) is 3.97. The Morgan fingerprint density at radius 2 is 1.27 bits per heavy atom. The zero-order valence-electron chi connectivity index (χ0n) is 18.6. The zero-order valence-corrected chi connectivity index (χ0v) is 20.9. The van der Waals surface area contributed by atoms with Gasteiger partial charge in [0, 0.05) is 19.8 Å². The lowest BCUT2D eigenvalue weighted by Gasteiger charge is -2.46.